The van der Waals surface area contributed by atoms with Crippen molar-refractivity contribution in [2.75, 3.05) is 6.61 Å². The van der Waals surface area contributed by atoms with Crippen LogP contribution in [0.4, 0.5) is 0 Å². The van der Waals surface area contributed by atoms with Crippen LogP contribution in [0.1, 0.15) is 5.56 Å². The summed E-state index contributed by atoms with van der Waals surface area (Å²) < 4.78 is 26.5. The molecule has 1 aromatic rings. The van der Waals surface area contributed by atoms with Crippen molar-refractivity contribution in [3.63, 3.8) is 0 Å². The van der Waals surface area contributed by atoms with Crippen LogP contribution in [0.5, 0.6) is 5.75 Å². The highest BCUT2D eigenvalue weighted by molar-refractivity contribution is 7.83. The summed E-state index contributed by atoms with van der Waals surface area (Å²) in [6, 6.07) is 7.33. The molecule has 4 heteroatoms. The molecule has 3 nitrogen and oxygen atoms in total. The molecule has 0 bridgehead atoms. The Hall–Kier alpha value is -1.13. The summed E-state index contributed by atoms with van der Waals surface area (Å²) in [7, 11) is 0. The molecule has 0 fully saturated rings. The van der Waals surface area contributed by atoms with Crippen LogP contribution in [0, 0.1) is 0 Å². The third kappa shape index (κ3) is 1.64. The molecule has 1 unspecified atom stereocenters. The van der Waals surface area contributed by atoms with Gasteiger partial charge in [-0.25, -0.2) is 0 Å². The van der Waals surface area contributed by atoms with Gasteiger partial charge in [0.2, 0.25) is 0 Å². The molecule has 1 aliphatic heterocycles. The molecule has 1 atom stereocenters. The standard InChI is InChI=1S/C9H8O3S/c10-13(11)8-5-7-3-1-2-4-9(7)12-6-8/h1-5H,6H2,(H,10,11)/p-1. The van der Waals surface area contributed by atoms with E-state index in [2.05, 4.69) is 0 Å². The summed E-state index contributed by atoms with van der Waals surface area (Å²) in [4.78, 5) is 0.290. The van der Waals surface area contributed by atoms with Gasteiger partial charge >= 0.3 is 0 Å². The molecule has 2 rings (SSSR count). The minimum atomic E-state index is -2.17. The number of fused-ring (bicyclic) bond motifs is 1. The molecule has 68 valence electrons. The van der Waals surface area contributed by atoms with E-state index in [1.165, 1.54) is 0 Å². The molecule has 0 aromatic heterocycles. The third-order valence-electron chi connectivity index (χ3n) is 1.82. The Balaban J connectivity index is 2.44. The second-order valence-electron chi connectivity index (χ2n) is 2.67. The summed E-state index contributed by atoms with van der Waals surface area (Å²) >= 11 is -2.17. The second kappa shape index (κ2) is 3.32. The van der Waals surface area contributed by atoms with E-state index < -0.39 is 11.1 Å². The SMILES string of the molecule is O=S([O-])C1=Cc2ccccc2OC1. The number of rotatable bonds is 1. The van der Waals surface area contributed by atoms with Crippen molar-refractivity contribution in [2.24, 2.45) is 0 Å². The lowest BCUT2D eigenvalue weighted by Crippen LogP contribution is -2.10. The number of ether oxygens (including phenoxy) is 1. The first-order chi connectivity index (χ1) is 6.27. The smallest absolute Gasteiger partial charge is 0.127 e. The zero-order chi connectivity index (χ0) is 9.26. The van der Waals surface area contributed by atoms with E-state index in [0.717, 1.165) is 11.3 Å². The molecular formula is C9H7O3S-. The first kappa shape index (κ1) is 8.47. The number of benzene rings is 1. The topological polar surface area (TPSA) is 49.4 Å². The van der Waals surface area contributed by atoms with Gasteiger partial charge in [-0.2, -0.15) is 0 Å². The number of hydrogen-bond acceptors (Lipinski definition) is 3. The zero-order valence-corrected chi connectivity index (χ0v) is 7.54. The van der Waals surface area contributed by atoms with Crippen LogP contribution in [0.15, 0.2) is 29.2 Å². The van der Waals surface area contributed by atoms with E-state index in [9.17, 15) is 8.76 Å². The van der Waals surface area contributed by atoms with Gasteiger partial charge in [-0.3, -0.25) is 4.21 Å². The maximum Gasteiger partial charge on any atom is 0.127 e. The largest absolute Gasteiger partial charge is 0.769 e. The molecule has 0 saturated carbocycles. The summed E-state index contributed by atoms with van der Waals surface area (Å²) in [5, 5.41) is 0. The highest BCUT2D eigenvalue weighted by atomic mass is 32.2. The predicted molar refractivity (Wildman–Crippen MR) is 48.8 cm³/mol. The Morgan fingerprint density at radius 3 is 2.92 bits per heavy atom. The zero-order valence-electron chi connectivity index (χ0n) is 6.73. The van der Waals surface area contributed by atoms with Crippen LogP contribution in [0.2, 0.25) is 0 Å². The summed E-state index contributed by atoms with van der Waals surface area (Å²) in [6.45, 7) is 0.132. The van der Waals surface area contributed by atoms with Crippen LogP contribution >= 0.6 is 0 Å². The molecule has 13 heavy (non-hydrogen) atoms. The highest BCUT2D eigenvalue weighted by Crippen LogP contribution is 2.26. The van der Waals surface area contributed by atoms with Gasteiger partial charge in [-0.15, -0.1) is 0 Å². The monoisotopic (exact) mass is 195 g/mol. The quantitative estimate of drug-likeness (QED) is 0.634. The van der Waals surface area contributed by atoms with Gasteiger partial charge in [0.15, 0.2) is 0 Å². The van der Waals surface area contributed by atoms with Crippen molar-refractivity contribution in [1.29, 1.82) is 0 Å². The molecule has 0 aliphatic carbocycles. The molecule has 0 spiro atoms. The molecular weight excluding hydrogens is 188 g/mol. The minimum absolute atomic E-state index is 0.132. The van der Waals surface area contributed by atoms with Crippen molar-refractivity contribution in [3.8, 4) is 5.75 Å². The van der Waals surface area contributed by atoms with Gasteiger partial charge in [0.25, 0.3) is 0 Å². The number of para-hydroxylation sites is 1. The molecule has 0 amide bonds. The molecule has 1 aliphatic rings. The van der Waals surface area contributed by atoms with Gasteiger partial charge in [-0.05, 0) is 23.2 Å². The molecule has 1 heterocycles. The summed E-state index contributed by atoms with van der Waals surface area (Å²) in [6.07, 6.45) is 1.63. The Labute approximate surface area is 78.3 Å². The third-order valence-corrected chi connectivity index (χ3v) is 2.48. The lowest BCUT2D eigenvalue weighted by Gasteiger charge is -2.18. The average Bonchev–Trinajstić information content (AvgIpc) is 2.17. The lowest BCUT2D eigenvalue weighted by atomic mass is 10.1. The molecule has 0 saturated heterocycles. The van der Waals surface area contributed by atoms with E-state index in [0.29, 0.717) is 4.91 Å². The van der Waals surface area contributed by atoms with Gasteiger partial charge in [0.1, 0.15) is 12.4 Å². The minimum Gasteiger partial charge on any atom is -0.769 e. The van der Waals surface area contributed by atoms with E-state index in [4.69, 9.17) is 4.74 Å². The Kier molecular flexibility index (Phi) is 2.16. The number of hydrogen-bond donors (Lipinski definition) is 0. The fourth-order valence-electron chi connectivity index (χ4n) is 1.19. The second-order valence-corrected chi connectivity index (χ2v) is 3.67. The van der Waals surface area contributed by atoms with Crippen LogP contribution in [-0.4, -0.2) is 15.4 Å². The van der Waals surface area contributed by atoms with Crippen molar-refractivity contribution in [3.05, 3.63) is 34.7 Å². The van der Waals surface area contributed by atoms with Gasteiger partial charge < -0.3 is 9.29 Å². The van der Waals surface area contributed by atoms with Crippen molar-refractivity contribution >= 4 is 17.2 Å². The van der Waals surface area contributed by atoms with Crippen molar-refractivity contribution in [1.82, 2.24) is 0 Å². The Morgan fingerprint density at radius 2 is 2.15 bits per heavy atom. The van der Waals surface area contributed by atoms with Crippen LogP contribution < -0.4 is 4.74 Å². The molecule has 1 aromatic carbocycles. The summed E-state index contributed by atoms with van der Waals surface area (Å²) in [5.41, 5.74) is 0.813. The molecule has 0 radical (unpaired) electrons. The Morgan fingerprint density at radius 1 is 1.38 bits per heavy atom. The van der Waals surface area contributed by atoms with E-state index in [1.54, 1.807) is 6.08 Å². The maximum atomic E-state index is 10.6. The van der Waals surface area contributed by atoms with Crippen LogP contribution in [0.3, 0.4) is 0 Å². The van der Waals surface area contributed by atoms with Crippen molar-refractivity contribution in [2.45, 2.75) is 0 Å². The Bertz CT molecular complexity index is 384. The highest BCUT2D eigenvalue weighted by Gasteiger charge is 2.10. The molecule has 0 N–H and O–H groups in total. The van der Waals surface area contributed by atoms with E-state index in [-0.39, 0.29) is 6.61 Å². The van der Waals surface area contributed by atoms with E-state index >= 15 is 0 Å². The van der Waals surface area contributed by atoms with Gasteiger partial charge in [-0.1, -0.05) is 18.2 Å². The lowest BCUT2D eigenvalue weighted by molar-refractivity contribution is 0.352. The maximum absolute atomic E-state index is 10.6. The fraction of sp³-hybridized carbons (Fsp3) is 0.111. The predicted octanol–water partition coefficient (Wildman–Crippen LogP) is 1.30. The van der Waals surface area contributed by atoms with Gasteiger partial charge in [0, 0.05) is 10.5 Å². The van der Waals surface area contributed by atoms with E-state index in [1.807, 2.05) is 24.3 Å². The van der Waals surface area contributed by atoms with Gasteiger partial charge in [0.05, 0.1) is 0 Å². The normalized spacial score (nSPS) is 16.8. The van der Waals surface area contributed by atoms with Crippen LogP contribution in [0.25, 0.3) is 6.08 Å². The van der Waals surface area contributed by atoms with Crippen molar-refractivity contribution < 1.29 is 13.5 Å². The first-order valence-corrected chi connectivity index (χ1v) is 4.86. The summed E-state index contributed by atoms with van der Waals surface area (Å²) in [5.74, 6) is 0.733. The average molecular weight is 195 g/mol. The van der Waals surface area contributed by atoms with Crippen LogP contribution in [-0.2, 0) is 11.1 Å². The fourth-order valence-corrected chi connectivity index (χ4v) is 1.57. The first-order valence-electron chi connectivity index (χ1n) is 3.79.